The third-order valence-electron chi connectivity index (χ3n) is 6.38. The van der Waals surface area contributed by atoms with Gasteiger partial charge < -0.3 is 15.4 Å². The van der Waals surface area contributed by atoms with Crippen LogP contribution < -0.4 is 20.9 Å². The SMILES string of the molecule is Cc1c(NC(=O)CN2C(=O)N[C@@]3(CCOc4ccccc43)C2=O)c(=O)n(-c2ccccc2)n1C. The fourth-order valence-corrected chi connectivity index (χ4v) is 4.55. The Bertz CT molecular complexity index is 1380. The van der Waals surface area contributed by atoms with Crippen molar-refractivity contribution in [2.24, 2.45) is 7.05 Å². The predicted octanol–water partition coefficient (Wildman–Crippen LogP) is 1.65. The highest BCUT2D eigenvalue weighted by Gasteiger charge is 2.55. The van der Waals surface area contributed by atoms with Gasteiger partial charge in [0.1, 0.15) is 18.0 Å². The van der Waals surface area contributed by atoms with Crippen LogP contribution in [0.4, 0.5) is 10.5 Å². The molecule has 4 amide bonds. The molecule has 0 saturated carbocycles. The van der Waals surface area contributed by atoms with Gasteiger partial charge in [-0.1, -0.05) is 36.4 Å². The van der Waals surface area contributed by atoms with Crippen molar-refractivity contribution in [3.63, 3.8) is 0 Å². The number of anilines is 1. The molecular weight excluding hydrogens is 438 g/mol. The number of nitrogens with zero attached hydrogens (tertiary/aromatic N) is 3. The number of rotatable bonds is 4. The highest BCUT2D eigenvalue weighted by molar-refractivity contribution is 6.10. The summed E-state index contributed by atoms with van der Waals surface area (Å²) in [5, 5.41) is 5.36. The molecule has 34 heavy (non-hydrogen) atoms. The summed E-state index contributed by atoms with van der Waals surface area (Å²) in [6, 6.07) is 15.4. The number of nitrogens with one attached hydrogen (secondary N) is 2. The largest absolute Gasteiger partial charge is 0.493 e. The van der Waals surface area contributed by atoms with Crippen LogP contribution in [0.15, 0.2) is 59.4 Å². The Morgan fingerprint density at radius 3 is 2.56 bits per heavy atom. The maximum absolute atomic E-state index is 13.4. The minimum Gasteiger partial charge on any atom is -0.493 e. The van der Waals surface area contributed by atoms with E-state index in [1.807, 2.05) is 18.2 Å². The number of imide groups is 1. The third-order valence-corrected chi connectivity index (χ3v) is 6.38. The van der Waals surface area contributed by atoms with E-state index in [0.29, 0.717) is 22.7 Å². The minimum absolute atomic E-state index is 0.0922. The molecular formula is C24H23N5O5. The van der Waals surface area contributed by atoms with E-state index in [4.69, 9.17) is 4.74 Å². The number of urea groups is 1. The van der Waals surface area contributed by atoms with Crippen LogP contribution in [0.1, 0.15) is 17.7 Å². The summed E-state index contributed by atoms with van der Waals surface area (Å²) in [7, 11) is 1.71. The van der Waals surface area contributed by atoms with Crippen LogP contribution in [0.3, 0.4) is 0 Å². The van der Waals surface area contributed by atoms with E-state index < -0.39 is 35.5 Å². The second kappa shape index (κ2) is 7.91. The van der Waals surface area contributed by atoms with E-state index in [2.05, 4.69) is 10.6 Å². The average Bonchev–Trinajstić information content (AvgIpc) is 3.19. The van der Waals surface area contributed by atoms with E-state index >= 15 is 0 Å². The molecule has 3 aromatic rings. The first kappa shape index (κ1) is 21.5. The number of benzene rings is 2. The van der Waals surface area contributed by atoms with Crippen molar-refractivity contribution in [2.75, 3.05) is 18.5 Å². The quantitative estimate of drug-likeness (QED) is 0.574. The molecule has 10 nitrogen and oxygen atoms in total. The number of fused-ring (bicyclic) bond motifs is 2. The van der Waals surface area contributed by atoms with Gasteiger partial charge in [-0.2, -0.15) is 0 Å². The lowest BCUT2D eigenvalue weighted by Gasteiger charge is -2.33. The molecule has 2 aliphatic rings. The van der Waals surface area contributed by atoms with Gasteiger partial charge in [0.15, 0.2) is 5.54 Å². The Morgan fingerprint density at radius 2 is 1.79 bits per heavy atom. The summed E-state index contributed by atoms with van der Waals surface area (Å²) >= 11 is 0. The topological polar surface area (TPSA) is 115 Å². The van der Waals surface area contributed by atoms with Crippen molar-refractivity contribution in [3.8, 4) is 11.4 Å². The van der Waals surface area contributed by atoms with Crippen LogP contribution in [0.25, 0.3) is 5.69 Å². The lowest BCUT2D eigenvalue weighted by Crippen LogP contribution is -2.48. The second-order valence-electron chi connectivity index (χ2n) is 8.31. The first-order valence-electron chi connectivity index (χ1n) is 10.8. The Balaban J connectivity index is 1.39. The van der Waals surface area contributed by atoms with Crippen molar-refractivity contribution < 1.29 is 19.1 Å². The number of para-hydroxylation sites is 2. The number of amides is 4. The molecule has 3 heterocycles. The lowest BCUT2D eigenvalue weighted by atomic mass is 9.84. The molecule has 174 valence electrons. The van der Waals surface area contributed by atoms with Gasteiger partial charge in [0.2, 0.25) is 5.91 Å². The second-order valence-corrected chi connectivity index (χ2v) is 8.31. The van der Waals surface area contributed by atoms with Gasteiger partial charge in [-0.15, -0.1) is 0 Å². The van der Waals surface area contributed by atoms with Crippen molar-refractivity contribution in [2.45, 2.75) is 18.9 Å². The molecule has 0 aliphatic carbocycles. The number of hydrogen-bond donors (Lipinski definition) is 2. The zero-order valence-corrected chi connectivity index (χ0v) is 18.7. The summed E-state index contributed by atoms with van der Waals surface area (Å²) in [5.41, 5.74) is 0.157. The van der Waals surface area contributed by atoms with Gasteiger partial charge >= 0.3 is 6.03 Å². The van der Waals surface area contributed by atoms with Gasteiger partial charge in [-0.05, 0) is 25.1 Å². The van der Waals surface area contributed by atoms with E-state index in [0.717, 1.165) is 4.90 Å². The molecule has 0 radical (unpaired) electrons. The Labute approximate surface area is 194 Å². The molecule has 0 unspecified atom stereocenters. The number of ether oxygens (including phenoxy) is 1. The molecule has 1 atom stereocenters. The maximum atomic E-state index is 13.4. The summed E-state index contributed by atoms with van der Waals surface area (Å²) in [4.78, 5) is 52.9. The molecule has 2 N–H and O–H groups in total. The van der Waals surface area contributed by atoms with Gasteiger partial charge in [-0.25, -0.2) is 9.48 Å². The first-order valence-corrected chi connectivity index (χ1v) is 10.8. The van der Waals surface area contributed by atoms with Crippen LogP contribution >= 0.6 is 0 Å². The Morgan fingerprint density at radius 1 is 1.09 bits per heavy atom. The summed E-state index contributed by atoms with van der Waals surface area (Å²) in [5.74, 6) is -0.642. The Hall–Kier alpha value is -4.34. The zero-order valence-electron chi connectivity index (χ0n) is 18.7. The normalized spacial score (nSPS) is 19.1. The van der Waals surface area contributed by atoms with Crippen LogP contribution in [0.2, 0.25) is 0 Å². The standard InChI is InChI=1S/C24H23N5O5/c1-15-20(21(31)29(27(15)2)16-8-4-3-5-9-16)25-19(30)14-28-22(32)24(26-23(28)33)12-13-34-18-11-7-6-10-17(18)24/h3-11H,12-14H2,1-2H3,(H,25,30)(H,26,33)/t24-/m1/s1. The smallest absolute Gasteiger partial charge is 0.325 e. The number of aromatic nitrogens is 2. The molecule has 0 bridgehead atoms. The number of carbonyl (C=O) groups excluding carboxylic acids is 3. The molecule has 1 spiro atoms. The van der Waals surface area contributed by atoms with Gasteiger partial charge in [0.25, 0.3) is 11.5 Å². The molecule has 2 aromatic carbocycles. The maximum Gasteiger partial charge on any atom is 0.325 e. The molecule has 5 rings (SSSR count). The summed E-state index contributed by atoms with van der Waals surface area (Å²) in [6.45, 7) is 1.44. The minimum atomic E-state index is -1.27. The fourth-order valence-electron chi connectivity index (χ4n) is 4.55. The summed E-state index contributed by atoms with van der Waals surface area (Å²) in [6.07, 6.45) is 0.256. The van der Waals surface area contributed by atoms with E-state index in [9.17, 15) is 19.2 Å². The van der Waals surface area contributed by atoms with E-state index in [1.54, 1.807) is 55.1 Å². The monoisotopic (exact) mass is 461 g/mol. The van der Waals surface area contributed by atoms with Crippen LogP contribution in [0, 0.1) is 6.92 Å². The van der Waals surface area contributed by atoms with Gasteiger partial charge in [0, 0.05) is 19.0 Å². The predicted molar refractivity (Wildman–Crippen MR) is 123 cm³/mol. The van der Waals surface area contributed by atoms with Crippen LogP contribution in [0.5, 0.6) is 5.75 Å². The first-order chi connectivity index (χ1) is 16.3. The van der Waals surface area contributed by atoms with Crippen molar-refractivity contribution in [3.05, 3.63) is 76.2 Å². The molecule has 1 fully saturated rings. The molecule has 2 aliphatic heterocycles. The molecule has 1 saturated heterocycles. The summed E-state index contributed by atoms with van der Waals surface area (Å²) < 4.78 is 8.70. The van der Waals surface area contributed by atoms with Gasteiger partial charge in [-0.3, -0.25) is 24.0 Å². The zero-order chi connectivity index (χ0) is 24.0. The molecule has 1 aromatic heterocycles. The molecule has 10 heteroatoms. The van der Waals surface area contributed by atoms with Crippen LogP contribution in [-0.2, 0) is 22.2 Å². The average molecular weight is 461 g/mol. The van der Waals surface area contributed by atoms with Crippen LogP contribution in [-0.4, -0.2) is 45.3 Å². The van der Waals surface area contributed by atoms with Crippen molar-refractivity contribution in [1.82, 2.24) is 19.6 Å². The third kappa shape index (κ3) is 3.18. The van der Waals surface area contributed by atoms with E-state index in [1.165, 1.54) is 4.68 Å². The number of hydrogen-bond acceptors (Lipinski definition) is 5. The Kier molecular flexibility index (Phi) is 5.00. The van der Waals surface area contributed by atoms with Crippen molar-refractivity contribution >= 4 is 23.5 Å². The number of carbonyl (C=O) groups is 3. The highest BCUT2D eigenvalue weighted by atomic mass is 16.5. The fraction of sp³-hybridized carbons (Fsp3) is 0.250. The van der Waals surface area contributed by atoms with Crippen molar-refractivity contribution in [1.29, 1.82) is 0 Å². The van der Waals surface area contributed by atoms with Gasteiger partial charge in [0.05, 0.1) is 18.0 Å². The highest BCUT2D eigenvalue weighted by Crippen LogP contribution is 2.40. The van der Waals surface area contributed by atoms with E-state index in [-0.39, 0.29) is 18.7 Å². The lowest BCUT2D eigenvalue weighted by molar-refractivity contribution is -0.135.